The Bertz CT molecular complexity index is 602. The maximum absolute atomic E-state index is 12.1. The van der Waals surface area contributed by atoms with Gasteiger partial charge in [-0.25, -0.2) is 0 Å². The summed E-state index contributed by atoms with van der Waals surface area (Å²) >= 11 is 6.04. The number of hydrogen-bond donors (Lipinski definition) is 0. The van der Waals surface area contributed by atoms with Gasteiger partial charge in [0.2, 0.25) is 0 Å². The Hall–Kier alpha value is -1.60. The molecule has 0 saturated carbocycles. The van der Waals surface area contributed by atoms with Crippen LogP contribution in [0.5, 0.6) is 0 Å². The second kappa shape index (κ2) is 6.03. The number of carbonyl (C=O) groups is 1. The molecule has 0 saturated heterocycles. The summed E-state index contributed by atoms with van der Waals surface area (Å²) in [6.45, 7) is 3.99. The van der Waals surface area contributed by atoms with Crippen molar-refractivity contribution >= 4 is 17.4 Å². The number of Topliss-reactive ketones (excluding diaryl/α,β-unsaturated/α-hetero) is 1. The highest BCUT2D eigenvalue weighted by Crippen LogP contribution is 2.18. The van der Waals surface area contributed by atoms with Gasteiger partial charge in [-0.2, -0.15) is 0 Å². The van der Waals surface area contributed by atoms with Gasteiger partial charge >= 0.3 is 0 Å². The van der Waals surface area contributed by atoms with Gasteiger partial charge in [0.15, 0.2) is 5.78 Å². The van der Waals surface area contributed by atoms with Gasteiger partial charge in [0.25, 0.3) is 0 Å². The van der Waals surface area contributed by atoms with E-state index in [9.17, 15) is 4.79 Å². The lowest BCUT2D eigenvalue weighted by Crippen LogP contribution is -2.01. The van der Waals surface area contributed by atoms with Gasteiger partial charge in [-0.05, 0) is 37.5 Å². The molecule has 0 fully saturated rings. The Morgan fingerprint density at radius 3 is 2.58 bits per heavy atom. The van der Waals surface area contributed by atoms with Crippen molar-refractivity contribution in [2.45, 2.75) is 26.7 Å². The quantitative estimate of drug-likeness (QED) is 0.733. The molecule has 0 heterocycles. The molecule has 0 amide bonds. The van der Waals surface area contributed by atoms with Crippen LogP contribution < -0.4 is 0 Å². The van der Waals surface area contributed by atoms with Gasteiger partial charge < -0.3 is 0 Å². The summed E-state index contributed by atoms with van der Waals surface area (Å²) in [5.41, 5.74) is 4.12. The minimum absolute atomic E-state index is 0.142. The van der Waals surface area contributed by atoms with Gasteiger partial charge in [-0.15, -0.1) is 0 Å². The van der Waals surface area contributed by atoms with Crippen LogP contribution in [0, 0.1) is 13.8 Å². The molecule has 2 aromatic carbocycles. The molecule has 0 aliphatic carbocycles. The van der Waals surface area contributed by atoms with Crippen LogP contribution in [0.2, 0.25) is 5.02 Å². The number of rotatable bonds is 4. The normalized spacial score (nSPS) is 10.5. The van der Waals surface area contributed by atoms with Crippen LogP contribution in [-0.2, 0) is 6.42 Å². The molecule has 19 heavy (non-hydrogen) atoms. The molecule has 1 nitrogen and oxygen atoms in total. The number of carbonyl (C=O) groups excluding carboxylic acids is 1. The van der Waals surface area contributed by atoms with Crippen LogP contribution in [-0.4, -0.2) is 5.78 Å². The van der Waals surface area contributed by atoms with E-state index in [1.165, 1.54) is 11.1 Å². The zero-order valence-corrected chi connectivity index (χ0v) is 12.0. The molecule has 2 aromatic rings. The van der Waals surface area contributed by atoms with Crippen LogP contribution in [0.4, 0.5) is 0 Å². The van der Waals surface area contributed by atoms with E-state index < -0.39 is 0 Å². The number of halogens is 1. The van der Waals surface area contributed by atoms with Gasteiger partial charge in [-0.1, -0.05) is 53.6 Å². The Balaban J connectivity index is 2.03. The van der Waals surface area contributed by atoms with Crippen LogP contribution in [0.25, 0.3) is 0 Å². The Morgan fingerprint density at radius 2 is 1.89 bits per heavy atom. The molecule has 0 N–H and O–H groups in total. The van der Waals surface area contributed by atoms with Gasteiger partial charge in [0.05, 0.1) is 0 Å². The third kappa shape index (κ3) is 3.68. The third-order valence-electron chi connectivity index (χ3n) is 3.22. The first-order valence-corrected chi connectivity index (χ1v) is 6.79. The van der Waals surface area contributed by atoms with Crippen LogP contribution >= 0.6 is 11.6 Å². The lowest BCUT2D eigenvalue weighted by atomic mass is 10.0. The van der Waals surface area contributed by atoms with Crippen LogP contribution in [0.15, 0.2) is 42.5 Å². The Morgan fingerprint density at radius 1 is 1.11 bits per heavy atom. The molecule has 0 aliphatic heterocycles. The highest BCUT2D eigenvalue weighted by atomic mass is 35.5. The molecule has 0 aromatic heterocycles. The van der Waals surface area contributed by atoms with E-state index in [2.05, 4.69) is 25.1 Å². The van der Waals surface area contributed by atoms with Crippen molar-refractivity contribution in [3.05, 3.63) is 69.7 Å². The lowest BCUT2D eigenvalue weighted by molar-refractivity contribution is 0.0983. The molecule has 0 aliphatic rings. The summed E-state index contributed by atoms with van der Waals surface area (Å²) in [6.07, 6.45) is 1.29. The summed E-state index contributed by atoms with van der Waals surface area (Å²) in [6, 6.07) is 13.8. The molecule has 98 valence electrons. The van der Waals surface area contributed by atoms with E-state index in [0.29, 0.717) is 17.0 Å². The fourth-order valence-electron chi connectivity index (χ4n) is 2.04. The fraction of sp³-hybridized carbons (Fsp3) is 0.235. The van der Waals surface area contributed by atoms with E-state index >= 15 is 0 Å². The molecular weight excluding hydrogens is 256 g/mol. The van der Waals surface area contributed by atoms with E-state index in [-0.39, 0.29) is 5.78 Å². The molecule has 2 heteroatoms. The maximum Gasteiger partial charge on any atom is 0.163 e. The number of benzene rings is 2. The number of hydrogen-bond acceptors (Lipinski definition) is 1. The van der Waals surface area contributed by atoms with Crippen molar-refractivity contribution in [1.29, 1.82) is 0 Å². The molecular formula is C17H17ClO. The lowest BCUT2D eigenvalue weighted by Gasteiger charge is -2.04. The molecule has 0 atom stereocenters. The predicted octanol–water partition coefficient (Wildman–Crippen LogP) is 4.77. The Labute approximate surface area is 119 Å². The van der Waals surface area contributed by atoms with Crippen molar-refractivity contribution in [2.24, 2.45) is 0 Å². The first-order valence-electron chi connectivity index (χ1n) is 6.41. The average Bonchev–Trinajstić information content (AvgIpc) is 2.39. The summed E-state index contributed by atoms with van der Waals surface area (Å²) in [4.78, 5) is 12.1. The number of ketones is 1. The minimum Gasteiger partial charge on any atom is -0.294 e. The fourth-order valence-corrected chi connectivity index (χ4v) is 2.22. The van der Waals surface area contributed by atoms with Crippen molar-refractivity contribution in [3.8, 4) is 0 Å². The Kier molecular flexibility index (Phi) is 4.39. The summed E-state index contributed by atoms with van der Waals surface area (Å²) in [5.74, 6) is 0.142. The highest BCUT2D eigenvalue weighted by Gasteiger charge is 2.08. The average molecular weight is 273 g/mol. The van der Waals surface area contributed by atoms with Crippen molar-refractivity contribution in [1.82, 2.24) is 0 Å². The third-order valence-corrected chi connectivity index (χ3v) is 3.62. The first kappa shape index (κ1) is 13.8. The monoisotopic (exact) mass is 272 g/mol. The summed E-state index contributed by atoms with van der Waals surface area (Å²) in [5, 5.41) is 0.654. The second-order valence-electron chi connectivity index (χ2n) is 4.88. The maximum atomic E-state index is 12.1. The van der Waals surface area contributed by atoms with Crippen molar-refractivity contribution in [2.75, 3.05) is 0 Å². The summed E-state index contributed by atoms with van der Waals surface area (Å²) in [7, 11) is 0. The zero-order valence-electron chi connectivity index (χ0n) is 11.2. The molecule has 2 rings (SSSR count). The van der Waals surface area contributed by atoms with Crippen molar-refractivity contribution < 1.29 is 4.79 Å². The highest BCUT2D eigenvalue weighted by molar-refractivity contribution is 6.31. The smallest absolute Gasteiger partial charge is 0.163 e. The number of aryl methyl sites for hydroxylation is 3. The largest absolute Gasteiger partial charge is 0.294 e. The SMILES string of the molecule is Cc1cccc(CCC(=O)c2ccc(C)c(Cl)c2)c1. The van der Waals surface area contributed by atoms with E-state index in [1.54, 1.807) is 6.07 Å². The van der Waals surface area contributed by atoms with Crippen LogP contribution in [0.3, 0.4) is 0 Å². The standard InChI is InChI=1S/C17H17ClO/c1-12-4-3-5-14(10-12)7-9-17(19)15-8-6-13(2)16(18)11-15/h3-6,8,10-11H,7,9H2,1-2H3. The van der Waals surface area contributed by atoms with E-state index in [0.717, 1.165) is 12.0 Å². The predicted molar refractivity (Wildman–Crippen MR) is 80.0 cm³/mol. The molecule has 0 bridgehead atoms. The molecule has 0 spiro atoms. The van der Waals surface area contributed by atoms with Gasteiger partial charge in [-0.3, -0.25) is 4.79 Å². The summed E-state index contributed by atoms with van der Waals surface area (Å²) < 4.78 is 0. The van der Waals surface area contributed by atoms with Crippen LogP contribution in [0.1, 0.15) is 33.5 Å². The molecule has 0 unspecified atom stereocenters. The van der Waals surface area contributed by atoms with E-state index in [4.69, 9.17) is 11.6 Å². The topological polar surface area (TPSA) is 17.1 Å². The van der Waals surface area contributed by atoms with Gasteiger partial charge in [0.1, 0.15) is 0 Å². The van der Waals surface area contributed by atoms with E-state index in [1.807, 2.05) is 25.1 Å². The second-order valence-corrected chi connectivity index (χ2v) is 5.28. The van der Waals surface area contributed by atoms with Crippen molar-refractivity contribution in [3.63, 3.8) is 0 Å². The first-order chi connectivity index (χ1) is 9.06. The van der Waals surface area contributed by atoms with Gasteiger partial charge in [0, 0.05) is 17.0 Å². The molecule has 0 radical (unpaired) electrons. The zero-order chi connectivity index (χ0) is 13.8. The minimum atomic E-state index is 0.142.